The van der Waals surface area contributed by atoms with E-state index < -0.39 is 111 Å². The van der Waals surface area contributed by atoms with Gasteiger partial charge in [-0.1, -0.05) is 41.5 Å². The van der Waals surface area contributed by atoms with Gasteiger partial charge in [0, 0.05) is 20.6 Å². The molecule has 0 aliphatic heterocycles. The second-order valence-electron chi connectivity index (χ2n) is 10.4. The third-order valence-electron chi connectivity index (χ3n) is 5.03. The van der Waals surface area contributed by atoms with E-state index in [0.29, 0.717) is 0 Å². The van der Waals surface area contributed by atoms with Crippen LogP contribution in [0.1, 0.15) is 41.5 Å². The minimum Gasteiger partial charge on any atom is -0.205 e. The standard InChI is InChI=1S/C26H18F12S2/c1-25(2,3)39-23-9(7-11(27)17(33)21(37)18(34)12(7)28)16(32)24(40-26(4,5)6)10(15(23)31)8-13(29)19(35)22(38)20(36)14(8)30/h1-6H3. The molecule has 0 nitrogen and oxygen atoms in total. The van der Waals surface area contributed by atoms with Crippen LogP contribution in [-0.4, -0.2) is 9.49 Å². The molecule has 0 aromatic heterocycles. The summed E-state index contributed by atoms with van der Waals surface area (Å²) in [6.45, 7) is 8.13. The molecule has 0 saturated heterocycles. The molecule has 0 bridgehead atoms. The molecule has 0 radical (unpaired) electrons. The van der Waals surface area contributed by atoms with Gasteiger partial charge in [0.1, 0.15) is 11.6 Å². The predicted octanol–water partition coefficient (Wildman–Crippen LogP) is 10.5. The summed E-state index contributed by atoms with van der Waals surface area (Å²) in [4.78, 5) is -2.41. The first-order chi connectivity index (χ1) is 18.1. The van der Waals surface area contributed by atoms with Gasteiger partial charge in [0.05, 0.1) is 20.9 Å². The maximum Gasteiger partial charge on any atom is 0.200 e. The molecule has 14 heteroatoms. The summed E-state index contributed by atoms with van der Waals surface area (Å²) in [6.07, 6.45) is 0. The average Bonchev–Trinajstić information content (AvgIpc) is 2.84. The molecular weight excluding hydrogens is 604 g/mol. The normalized spacial score (nSPS) is 12.4. The van der Waals surface area contributed by atoms with E-state index in [-0.39, 0.29) is 23.5 Å². The van der Waals surface area contributed by atoms with Crippen LogP contribution in [0.4, 0.5) is 52.7 Å². The van der Waals surface area contributed by atoms with E-state index in [0.717, 1.165) is 0 Å². The predicted molar refractivity (Wildman–Crippen MR) is 128 cm³/mol. The zero-order valence-electron chi connectivity index (χ0n) is 21.4. The lowest BCUT2D eigenvalue weighted by Crippen LogP contribution is -2.15. The quantitative estimate of drug-likeness (QED) is 0.123. The molecule has 0 amide bonds. The first-order valence-electron chi connectivity index (χ1n) is 11.1. The summed E-state index contributed by atoms with van der Waals surface area (Å²) in [7, 11) is 0. The Bertz CT molecular complexity index is 1360. The largest absolute Gasteiger partial charge is 0.205 e. The highest BCUT2D eigenvalue weighted by Crippen LogP contribution is 2.53. The number of benzene rings is 3. The van der Waals surface area contributed by atoms with Gasteiger partial charge >= 0.3 is 0 Å². The van der Waals surface area contributed by atoms with Crippen molar-refractivity contribution in [2.24, 2.45) is 0 Å². The van der Waals surface area contributed by atoms with Gasteiger partial charge in [-0.05, 0) is 0 Å². The fourth-order valence-corrected chi connectivity index (χ4v) is 5.74. The molecule has 40 heavy (non-hydrogen) atoms. The first-order valence-corrected chi connectivity index (χ1v) is 12.7. The molecule has 0 fully saturated rings. The minimum absolute atomic E-state index is 0.252. The van der Waals surface area contributed by atoms with E-state index in [1.807, 2.05) is 0 Å². The Kier molecular flexibility index (Phi) is 8.60. The molecular formula is C26H18F12S2. The Morgan fingerprint density at radius 1 is 0.300 bits per heavy atom. The van der Waals surface area contributed by atoms with Crippen LogP contribution in [0.25, 0.3) is 22.3 Å². The van der Waals surface area contributed by atoms with Crippen LogP contribution in [0.15, 0.2) is 9.79 Å². The molecule has 0 atom stereocenters. The van der Waals surface area contributed by atoms with Gasteiger partial charge in [-0.15, -0.1) is 23.5 Å². The SMILES string of the molecule is CC(C)(C)Sc1c(F)c(-c2c(F)c(F)c(F)c(F)c2F)c(SC(C)(C)C)c(F)c1-c1c(F)c(F)c(F)c(F)c1F. The van der Waals surface area contributed by atoms with Gasteiger partial charge < -0.3 is 0 Å². The van der Waals surface area contributed by atoms with Crippen LogP contribution in [0.3, 0.4) is 0 Å². The van der Waals surface area contributed by atoms with Crippen molar-refractivity contribution in [2.45, 2.75) is 60.8 Å². The van der Waals surface area contributed by atoms with Crippen molar-refractivity contribution in [2.75, 3.05) is 0 Å². The number of rotatable bonds is 4. The second-order valence-corrected chi connectivity index (χ2v) is 14.0. The first kappa shape index (κ1) is 32.0. The van der Waals surface area contributed by atoms with Crippen molar-refractivity contribution in [3.05, 3.63) is 69.8 Å². The smallest absolute Gasteiger partial charge is 0.200 e. The molecule has 3 aromatic rings. The minimum atomic E-state index is -2.59. The van der Waals surface area contributed by atoms with Crippen molar-refractivity contribution >= 4 is 23.5 Å². The topological polar surface area (TPSA) is 0 Å². The van der Waals surface area contributed by atoms with Gasteiger partial charge in [0.25, 0.3) is 0 Å². The third-order valence-corrected chi connectivity index (χ3v) is 7.43. The Hall–Kier alpha value is -2.48. The van der Waals surface area contributed by atoms with Crippen molar-refractivity contribution in [3.63, 3.8) is 0 Å². The lowest BCUT2D eigenvalue weighted by Gasteiger charge is -2.27. The highest BCUT2D eigenvalue weighted by molar-refractivity contribution is 8.01. The highest BCUT2D eigenvalue weighted by Gasteiger charge is 2.39. The van der Waals surface area contributed by atoms with Crippen LogP contribution >= 0.6 is 23.5 Å². The molecule has 0 N–H and O–H groups in total. The summed E-state index contributed by atoms with van der Waals surface area (Å²) in [5.41, 5.74) is -6.77. The molecule has 3 rings (SSSR count). The van der Waals surface area contributed by atoms with Gasteiger partial charge in [0.15, 0.2) is 46.5 Å². The highest BCUT2D eigenvalue weighted by atomic mass is 32.2. The fraction of sp³-hybridized carbons (Fsp3) is 0.308. The molecule has 0 aliphatic rings. The van der Waals surface area contributed by atoms with Crippen LogP contribution in [0.2, 0.25) is 0 Å². The monoisotopic (exact) mass is 622 g/mol. The molecule has 218 valence electrons. The molecule has 0 heterocycles. The lowest BCUT2D eigenvalue weighted by molar-refractivity contribution is 0.379. The Balaban J connectivity index is 2.73. The van der Waals surface area contributed by atoms with E-state index in [9.17, 15) is 43.9 Å². The number of thioether (sulfide) groups is 2. The number of hydrogen-bond acceptors (Lipinski definition) is 2. The zero-order valence-corrected chi connectivity index (χ0v) is 23.0. The van der Waals surface area contributed by atoms with Gasteiger partial charge in [0.2, 0.25) is 11.6 Å². The number of halogens is 12. The third kappa shape index (κ3) is 5.53. The van der Waals surface area contributed by atoms with E-state index in [4.69, 9.17) is 0 Å². The van der Waals surface area contributed by atoms with Crippen molar-refractivity contribution in [1.29, 1.82) is 0 Å². The molecule has 0 saturated carbocycles. The van der Waals surface area contributed by atoms with E-state index in [1.165, 1.54) is 41.5 Å². The average molecular weight is 623 g/mol. The maximum absolute atomic E-state index is 16.3. The Morgan fingerprint density at radius 2 is 0.500 bits per heavy atom. The Morgan fingerprint density at radius 3 is 0.700 bits per heavy atom. The van der Waals surface area contributed by atoms with Crippen LogP contribution < -0.4 is 0 Å². The fourth-order valence-electron chi connectivity index (χ4n) is 3.55. The van der Waals surface area contributed by atoms with Crippen molar-refractivity contribution < 1.29 is 52.7 Å². The van der Waals surface area contributed by atoms with Crippen LogP contribution in [-0.2, 0) is 0 Å². The number of hydrogen-bond donors (Lipinski definition) is 0. The van der Waals surface area contributed by atoms with E-state index in [2.05, 4.69) is 0 Å². The Labute approximate surface area is 229 Å². The summed E-state index contributed by atoms with van der Waals surface area (Å²) in [6, 6.07) is 0. The van der Waals surface area contributed by atoms with E-state index >= 15 is 8.78 Å². The zero-order chi connectivity index (χ0) is 30.8. The molecule has 0 aliphatic carbocycles. The molecule has 0 spiro atoms. The lowest BCUT2D eigenvalue weighted by atomic mass is 9.96. The van der Waals surface area contributed by atoms with Crippen LogP contribution in [0, 0.1) is 69.8 Å². The summed E-state index contributed by atoms with van der Waals surface area (Å²) in [5.74, 6) is -29.2. The molecule has 0 unspecified atom stereocenters. The maximum atomic E-state index is 16.3. The summed E-state index contributed by atoms with van der Waals surface area (Å²) >= 11 is 0.505. The van der Waals surface area contributed by atoms with Gasteiger partial charge in [-0.3, -0.25) is 0 Å². The molecule has 3 aromatic carbocycles. The van der Waals surface area contributed by atoms with Gasteiger partial charge in [-0.25, -0.2) is 52.7 Å². The van der Waals surface area contributed by atoms with E-state index in [1.54, 1.807) is 0 Å². The summed E-state index contributed by atoms with van der Waals surface area (Å²) in [5, 5.41) is 0. The van der Waals surface area contributed by atoms with Crippen LogP contribution in [0.5, 0.6) is 0 Å². The second kappa shape index (κ2) is 10.7. The van der Waals surface area contributed by atoms with Crippen molar-refractivity contribution in [3.8, 4) is 22.3 Å². The van der Waals surface area contributed by atoms with Crippen molar-refractivity contribution in [1.82, 2.24) is 0 Å². The summed E-state index contributed by atoms with van der Waals surface area (Å²) < 4.78 is 174. The van der Waals surface area contributed by atoms with Gasteiger partial charge in [-0.2, -0.15) is 0 Å².